The Kier molecular flexibility index (Phi) is 16.9. The molecule has 0 aliphatic carbocycles. The maximum Gasteiger partial charge on any atom is 0.105 e. The van der Waals surface area contributed by atoms with Gasteiger partial charge in [-0.3, -0.25) is 0 Å². The molecule has 0 radical (unpaired) electrons. The molecule has 0 saturated carbocycles. The zero-order valence-electron chi connectivity index (χ0n) is 26.2. The van der Waals surface area contributed by atoms with Gasteiger partial charge in [-0.2, -0.15) is 0 Å². The molecular weight excluding hydrogens is 494 g/mol. The lowest BCUT2D eigenvalue weighted by molar-refractivity contribution is -0.966. The standard InChI is InChI=1S/C40H58N/c1-2-3-4-5-6-7-8-9-10-11-12-13-14-15-16-17-27-34-41(35-38-28-21-18-22-29-38,36-39-30-23-19-24-31-39)37-40-32-25-20-26-33-40/h7-8,18-26,28-33H,2-6,9-17,27,34-37H2,1H3/q+1/b8-7+. The minimum atomic E-state index is 1.08. The van der Waals surface area contributed by atoms with E-state index in [-0.39, 0.29) is 0 Å². The SMILES string of the molecule is CCCCCC/C=C/CCCCCCCCCCC[N+](Cc1ccccc1)(Cc1ccccc1)Cc1ccccc1. The van der Waals surface area contributed by atoms with Gasteiger partial charge in [0.05, 0.1) is 6.54 Å². The number of allylic oxidation sites excluding steroid dienone is 2. The molecule has 0 saturated heterocycles. The predicted molar refractivity (Wildman–Crippen MR) is 180 cm³/mol. The highest BCUT2D eigenvalue weighted by atomic mass is 15.3. The fourth-order valence-corrected chi connectivity index (χ4v) is 6.19. The summed E-state index contributed by atoms with van der Waals surface area (Å²) in [5.41, 5.74) is 4.34. The summed E-state index contributed by atoms with van der Waals surface area (Å²) in [5, 5.41) is 0. The Bertz CT molecular complexity index is 923. The molecule has 0 spiro atoms. The topological polar surface area (TPSA) is 0 Å². The van der Waals surface area contributed by atoms with Crippen molar-refractivity contribution in [2.75, 3.05) is 6.54 Å². The molecule has 0 aromatic heterocycles. The third kappa shape index (κ3) is 14.7. The molecule has 0 aliphatic rings. The van der Waals surface area contributed by atoms with Crippen molar-refractivity contribution >= 4 is 0 Å². The molecule has 0 bridgehead atoms. The van der Waals surface area contributed by atoms with Crippen LogP contribution in [0.3, 0.4) is 0 Å². The van der Waals surface area contributed by atoms with Gasteiger partial charge in [-0.05, 0) is 38.5 Å². The minimum Gasteiger partial charge on any atom is -0.312 e. The van der Waals surface area contributed by atoms with Crippen LogP contribution in [0.5, 0.6) is 0 Å². The van der Waals surface area contributed by atoms with Crippen LogP contribution >= 0.6 is 0 Å². The zero-order valence-corrected chi connectivity index (χ0v) is 26.2. The van der Waals surface area contributed by atoms with Crippen LogP contribution in [0.2, 0.25) is 0 Å². The van der Waals surface area contributed by atoms with Crippen molar-refractivity contribution < 1.29 is 4.48 Å². The minimum absolute atomic E-state index is 1.08. The van der Waals surface area contributed by atoms with Crippen LogP contribution in [0.15, 0.2) is 103 Å². The van der Waals surface area contributed by atoms with Crippen molar-refractivity contribution in [3.63, 3.8) is 0 Å². The fourth-order valence-electron chi connectivity index (χ4n) is 6.19. The van der Waals surface area contributed by atoms with Crippen molar-refractivity contribution in [2.45, 2.75) is 123 Å². The highest BCUT2D eigenvalue weighted by Gasteiger charge is 2.28. The Labute approximate surface area is 253 Å². The number of nitrogens with zero attached hydrogens (tertiary/aromatic N) is 1. The molecule has 0 unspecified atom stereocenters. The first-order chi connectivity index (χ1) is 20.3. The van der Waals surface area contributed by atoms with E-state index in [9.17, 15) is 0 Å². The highest BCUT2D eigenvalue weighted by molar-refractivity contribution is 5.17. The molecule has 1 nitrogen and oxygen atoms in total. The number of hydrogen-bond acceptors (Lipinski definition) is 0. The molecule has 3 aromatic rings. The number of rotatable bonds is 23. The molecule has 0 fully saturated rings. The van der Waals surface area contributed by atoms with E-state index in [2.05, 4.69) is 110 Å². The Morgan fingerprint density at radius 2 is 0.756 bits per heavy atom. The van der Waals surface area contributed by atoms with E-state index in [1.54, 1.807) is 0 Å². The van der Waals surface area contributed by atoms with E-state index in [0.29, 0.717) is 0 Å². The van der Waals surface area contributed by atoms with Gasteiger partial charge in [-0.15, -0.1) is 0 Å². The van der Waals surface area contributed by atoms with Crippen LogP contribution < -0.4 is 0 Å². The number of benzene rings is 3. The lowest BCUT2D eigenvalue weighted by Crippen LogP contribution is -2.46. The van der Waals surface area contributed by atoms with Gasteiger partial charge in [-0.25, -0.2) is 0 Å². The first kappa shape index (κ1) is 32.9. The smallest absolute Gasteiger partial charge is 0.105 e. The van der Waals surface area contributed by atoms with Crippen LogP contribution in [-0.2, 0) is 19.6 Å². The summed E-state index contributed by atoms with van der Waals surface area (Å²) >= 11 is 0. The maximum atomic E-state index is 2.43. The normalized spacial score (nSPS) is 11.8. The van der Waals surface area contributed by atoms with E-state index in [4.69, 9.17) is 0 Å². The third-order valence-corrected chi connectivity index (χ3v) is 8.48. The second kappa shape index (κ2) is 21.1. The summed E-state index contributed by atoms with van der Waals surface area (Å²) in [6, 6.07) is 33.5. The monoisotopic (exact) mass is 552 g/mol. The second-order valence-electron chi connectivity index (χ2n) is 12.3. The first-order valence-electron chi connectivity index (χ1n) is 16.9. The molecule has 0 heterocycles. The molecule has 0 amide bonds. The van der Waals surface area contributed by atoms with E-state index < -0.39 is 0 Å². The van der Waals surface area contributed by atoms with Crippen molar-refractivity contribution in [2.24, 2.45) is 0 Å². The van der Waals surface area contributed by atoms with E-state index in [0.717, 1.165) is 24.1 Å². The fraction of sp³-hybridized carbons (Fsp3) is 0.500. The van der Waals surface area contributed by atoms with Crippen molar-refractivity contribution in [3.8, 4) is 0 Å². The van der Waals surface area contributed by atoms with E-state index in [1.165, 1.54) is 120 Å². The molecule has 1 heteroatoms. The summed E-state index contributed by atoms with van der Waals surface area (Å²) in [6.07, 6.45) is 25.3. The van der Waals surface area contributed by atoms with Gasteiger partial charge in [0, 0.05) is 16.7 Å². The van der Waals surface area contributed by atoms with Crippen molar-refractivity contribution in [1.82, 2.24) is 0 Å². The average Bonchev–Trinajstić information content (AvgIpc) is 3.00. The van der Waals surface area contributed by atoms with E-state index in [1.807, 2.05) is 0 Å². The quantitative estimate of drug-likeness (QED) is 0.0623. The second-order valence-corrected chi connectivity index (χ2v) is 12.3. The summed E-state index contributed by atoms with van der Waals surface area (Å²) in [7, 11) is 0. The van der Waals surface area contributed by atoms with Crippen LogP contribution in [0.4, 0.5) is 0 Å². The molecular formula is C40H58N+. The number of hydrogen-bond donors (Lipinski definition) is 0. The summed E-state index contributed by atoms with van der Waals surface area (Å²) in [5.74, 6) is 0. The molecule has 222 valence electrons. The molecule has 0 aliphatic heterocycles. The van der Waals surface area contributed by atoms with Crippen LogP contribution in [0, 0.1) is 0 Å². The Morgan fingerprint density at radius 1 is 0.415 bits per heavy atom. The Morgan fingerprint density at radius 3 is 1.15 bits per heavy atom. The van der Waals surface area contributed by atoms with Crippen LogP contribution in [0.25, 0.3) is 0 Å². The van der Waals surface area contributed by atoms with Crippen molar-refractivity contribution in [3.05, 3.63) is 120 Å². The Hall–Kier alpha value is -2.64. The predicted octanol–water partition coefficient (Wildman–Crippen LogP) is 11.8. The zero-order chi connectivity index (χ0) is 28.7. The summed E-state index contributed by atoms with van der Waals surface area (Å²) < 4.78 is 1.09. The molecule has 3 rings (SSSR count). The highest BCUT2D eigenvalue weighted by Crippen LogP contribution is 2.26. The van der Waals surface area contributed by atoms with Gasteiger partial charge >= 0.3 is 0 Å². The lowest BCUT2D eigenvalue weighted by atomic mass is 10.0. The lowest BCUT2D eigenvalue weighted by Gasteiger charge is -2.39. The van der Waals surface area contributed by atoms with Gasteiger partial charge in [0.2, 0.25) is 0 Å². The van der Waals surface area contributed by atoms with Crippen molar-refractivity contribution in [1.29, 1.82) is 0 Å². The van der Waals surface area contributed by atoms with Gasteiger partial charge < -0.3 is 4.48 Å². The van der Waals surface area contributed by atoms with Gasteiger partial charge in [0.25, 0.3) is 0 Å². The van der Waals surface area contributed by atoms with Gasteiger partial charge in [0.15, 0.2) is 0 Å². The molecule has 41 heavy (non-hydrogen) atoms. The largest absolute Gasteiger partial charge is 0.312 e. The maximum absolute atomic E-state index is 2.43. The Balaban J connectivity index is 1.41. The molecule has 3 aromatic carbocycles. The number of quaternary nitrogens is 1. The van der Waals surface area contributed by atoms with Crippen LogP contribution in [-0.4, -0.2) is 11.0 Å². The average molecular weight is 553 g/mol. The molecule has 0 atom stereocenters. The van der Waals surface area contributed by atoms with Gasteiger partial charge in [-0.1, -0.05) is 168 Å². The van der Waals surface area contributed by atoms with Crippen LogP contribution in [0.1, 0.15) is 120 Å². The van der Waals surface area contributed by atoms with E-state index >= 15 is 0 Å². The number of unbranched alkanes of at least 4 members (excludes halogenated alkanes) is 13. The summed E-state index contributed by atoms with van der Waals surface area (Å²) in [4.78, 5) is 0. The first-order valence-corrected chi connectivity index (χ1v) is 16.9. The third-order valence-electron chi connectivity index (χ3n) is 8.48. The van der Waals surface area contributed by atoms with Gasteiger partial charge in [0.1, 0.15) is 19.6 Å². The summed E-state index contributed by atoms with van der Waals surface area (Å²) in [6.45, 7) is 6.76. The molecule has 0 N–H and O–H groups in total.